The second-order valence-electron chi connectivity index (χ2n) is 5.14. The van der Waals surface area contributed by atoms with Crippen LogP contribution in [-0.4, -0.2) is 31.7 Å². The highest BCUT2D eigenvalue weighted by molar-refractivity contribution is 5.82. The van der Waals surface area contributed by atoms with Crippen LogP contribution in [0.2, 0.25) is 0 Å². The summed E-state index contributed by atoms with van der Waals surface area (Å²) in [6.45, 7) is 12.9. The average molecular weight is 228 g/mol. The van der Waals surface area contributed by atoms with E-state index in [1.165, 1.54) is 0 Å². The number of hydrogen-bond acceptors (Lipinski definition) is 3. The molecule has 0 aromatic rings. The van der Waals surface area contributed by atoms with E-state index >= 15 is 0 Å². The van der Waals surface area contributed by atoms with Crippen molar-refractivity contribution < 1.29 is 9.53 Å². The van der Waals surface area contributed by atoms with Gasteiger partial charge in [-0.15, -0.1) is 0 Å². The van der Waals surface area contributed by atoms with E-state index in [0.29, 0.717) is 19.8 Å². The zero-order valence-electron chi connectivity index (χ0n) is 10.8. The van der Waals surface area contributed by atoms with E-state index in [4.69, 9.17) is 10.5 Å². The first-order valence-electron chi connectivity index (χ1n) is 5.50. The molecule has 0 bridgehead atoms. The van der Waals surface area contributed by atoms with Crippen LogP contribution in [0.3, 0.4) is 0 Å². The van der Waals surface area contributed by atoms with Crippen LogP contribution in [0.15, 0.2) is 12.2 Å². The predicted molar refractivity (Wildman–Crippen MR) is 66.1 cm³/mol. The van der Waals surface area contributed by atoms with Gasteiger partial charge >= 0.3 is 0 Å². The zero-order chi connectivity index (χ0) is 12.8. The number of ether oxygens (including phenoxy) is 1. The minimum Gasteiger partial charge on any atom is -0.375 e. The highest BCUT2D eigenvalue weighted by Gasteiger charge is 2.26. The lowest BCUT2D eigenvalue weighted by Crippen LogP contribution is -2.49. The van der Waals surface area contributed by atoms with Gasteiger partial charge in [-0.3, -0.25) is 4.79 Å². The smallest absolute Gasteiger partial charge is 0.237 e. The molecule has 0 spiro atoms. The van der Waals surface area contributed by atoms with Crippen LogP contribution in [0.5, 0.6) is 0 Å². The molecule has 0 heterocycles. The first-order valence-corrected chi connectivity index (χ1v) is 5.50. The molecule has 0 aromatic carbocycles. The van der Waals surface area contributed by atoms with E-state index in [0.717, 1.165) is 5.57 Å². The minimum atomic E-state index is -0.492. The molecule has 3 N–H and O–H groups in total. The number of hydrogen-bond donors (Lipinski definition) is 2. The lowest BCUT2D eigenvalue weighted by molar-refractivity contribution is -0.124. The van der Waals surface area contributed by atoms with Gasteiger partial charge in [0.05, 0.1) is 19.3 Å². The van der Waals surface area contributed by atoms with Gasteiger partial charge in [0.1, 0.15) is 0 Å². The van der Waals surface area contributed by atoms with Crippen LogP contribution < -0.4 is 11.1 Å². The quantitative estimate of drug-likeness (QED) is 0.528. The molecule has 0 fully saturated rings. The number of amides is 1. The number of carbonyl (C=O) groups is 1. The van der Waals surface area contributed by atoms with Crippen molar-refractivity contribution in [3.63, 3.8) is 0 Å². The predicted octanol–water partition coefficient (Wildman–Crippen LogP) is 1.07. The fraction of sp³-hybridized carbons (Fsp3) is 0.750. The third-order valence-corrected chi connectivity index (χ3v) is 2.11. The SMILES string of the molecule is C=C(C)COCCNC(=O)[C@@H](N)C(C)(C)C. The third-order valence-electron chi connectivity index (χ3n) is 2.11. The number of nitrogens with two attached hydrogens (primary N) is 1. The maximum Gasteiger partial charge on any atom is 0.237 e. The van der Waals surface area contributed by atoms with Crippen molar-refractivity contribution in [1.82, 2.24) is 5.32 Å². The molecule has 0 unspecified atom stereocenters. The summed E-state index contributed by atoms with van der Waals surface area (Å²) in [4.78, 5) is 11.6. The maximum absolute atomic E-state index is 11.6. The Morgan fingerprint density at radius 1 is 1.50 bits per heavy atom. The Balaban J connectivity index is 3.70. The van der Waals surface area contributed by atoms with Gasteiger partial charge in [0.15, 0.2) is 0 Å². The van der Waals surface area contributed by atoms with E-state index in [-0.39, 0.29) is 11.3 Å². The Kier molecular flexibility index (Phi) is 6.29. The van der Waals surface area contributed by atoms with Crippen LogP contribution in [0.25, 0.3) is 0 Å². The zero-order valence-corrected chi connectivity index (χ0v) is 10.8. The fourth-order valence-corrected chi connectivity index (χ4v) is 0.996. The second kappa shape index (κ2) is 6.66. The van der Waals surface area contributed by atoms with E-state index in [2.05, 4.69) is 11.9 Å². The minimum absolute atomic E-state index is 0.133. The molecule has 4 nitrogen and oxygen atoms in total. The first-order chi connectivity index (χ1) is 7.25. The summed E-state index contributed by atoms with van der Waals surface area (Å²) in [6.07, 6.45) is 0. The standard InChI is InChI=1S/C12H24N2O2/c1-9(2)8-16-7-6-14-11(15)10(13)12(3,4)5/h10H,1,6-8,13H2,2-5H3,(H,14,15)/t10-/m1/s1. The normalized spacial score (nSPS) is 13.3. The van der Waals surface area contributed by atoms with E-state index in [1.54, 1.807) is 0 Å². The van der Waals surface area contributed by atoms with Gasteiger partial charge in [-0.1, -0.05) is 32.9 Å². The third kappa shape index (κ3) is 6.58. The molecule has 0 rings (SSSR count). The lowest BCUT2D eigenvalue weighted by Gasteiger charge is -2.25. The molecule has 94 valence electrons. The Morgan fingerprint density at radius 2 is 2.06 bits per heavy atom. The molecule has 0 aliphatic carbocycles. The van der Waals surface area contributed by atoms with Crippen LogP contribution in [-0.2, 0) is 9.53 Å². The topological polar surface area (TPSA) is 64.3 Å². The number of carbonyl (C=O) groups excluding carboxylic acids is 1. The van der Waals surface area contributed by atoms with Crippen molar-refractivity contribution in [3.05, 3.63) is 12.2 Å². The van der Waals surface area contributed by atoms with Gasteiger partial charge in [-0.2, -0.15) is 0 Å². The summed E-state index contributed by atoms with van der Waals surface area (Å²) in [5.74, 6) is -0.133. The molecule has 0 radical (unpaired) electrons. The summed E-state index contributed by atoms with van der Waals surface area (Å²) < 4.78 is 5.26. The van der Waals surface area contributed by atoms with Crippen molar-refractivity contribution in [2.75, 3.05) is 19.8 Å². The number of nitrogens with one attached hydrogen (secondary N) is 1. The Morgan fingerprint density at radius 3 is 2.50 bits per heavy atom. The van der Waals surface area contributed by atoms with Crippen LogP contribution in [0.1, 0.15) is 27.7 Å². The van der Waals surface area contributed by atoms with Crippen molar-refractivity contribution in [2.45, 2.75) is 33.7 Å². The largest absolute Gasteiger partial charge is 0.375 e. The summed E-state index contributed by atoms with van der Waals surface area (Å²) in [5, 5.41) is 2.74. The molecule has 16 heavy (non-hydrogen) atoms. The van der Waals surface area contributed by atoms with E-state index in [9.17, 15) is 4.79 Å². The van der Waals surface area contributed by atoms with Crippen molar-refractivity contribution in [1.29, 1.82) is 0 Å². The van der Waals surface area contributed by atoms with Crippen molar-refractivity contribution in [2.24, 2.45) is 11.1 Å². The van der Waals surface area contributed by atoms with Gasteiger partial charge in [0, 0.05) is 6.54 Å². The number of rotatable bonds is 6. The van der Waals surface area contributed by atoms with Crippen LogP contribution in [0.4, 0.5) is 0 Å². The molecule has 0 aliphatic heterocycles. The molecule has 0 saturated carbocycles. The molecule has 0 saturated heterocycles. The Labute approximate surface area is 98.2 Å². The summed E-state index contributed by atoms with van der Waals surface area (Å²) in [5.41, 5.74) is 6.54. The van der Waals surface area contributed by atoms with Gasteiger partial charge in [0.25, 0.3) is 0 Å². The second-order valence-corrected chi connectivity index (χ2v) is 5.14. The monoisotopic (exact) mass is 228 g/mol. The fourth-order valence-electron chi connectivity index (χ4n) is 0.996. The molecule has 4 heteroatoms. The highest BCUT2D eigenvalue weighted by Crippen LogP contribution is 2.16. The molecule has 0 aliphatic rings. The summed E-state index contributed by atoms with van der Waals surface area (Å²) in [6, 6.07) is -0.492. The van der Waals surface area contributed by atoms with E-state index < -0.39 is 6.04 Å². The molecular weight excluding hydrogens is 204 g/mol. The Bertz CT molecular complexity index is 244. The molecule has 1 amide bonds. The van der Waals surface area contributed by atoms with Crippen molar-refractivity contribution >= 4 is 5.91 Å². The van der Waals surface area contributed by atoms with Gasteiger partial charge in [-0.05, 0) is 12.3 Å². The van der Waals surface area contributed by atoms with Crippen molar-refractivity contribution in [3.8, 4) is 0 Å². The lowest BCUT2D eigenvalue weighted by atomic mass is 9.87. The average Bonchev–Trinajstić information content (AvgIpc) is 2.13. The first kappa shape index (κ1) is 15.1. The Hall–Kier alpha value is -0.870. The van der Waals surface area contributed by atoms with Gasteiger partial charge in [0.2, 0.25) is 5.91 Å². The molecule has 0 aromatic heterocycles. The van der Waals surface area contributed by atoms with Crippen LogP contribution >= 0.6 is 0 Å². The summed E-state index contributed by atoms with van der Waals surface area (Å²) >= 11 is 0. The van der Waals surface area contributed by atoms with E-state index in [1.807, 2.05) is 27.7 Å². The maximum atomic E-state index is 11.6. The molecular formula is C12H24N2O2. The molecule has 1 atom stereocenters. The van der Waals surface area contributed by atoms with Crippen LogP contribution in [0, 0.1) is 5.41 Å². The summed E-state index contributed by atoms with van der Waals surface area (Å²) in [7, 11) is 0. The highest BCUT2D eigenvalue weighted by atomic mass is 16.5. The van der Waals surface area contributed by atoms with Gasteiger partial charge < -0.3 is 15.8 Å². The van der Waals surface area contributed by atoms with Gasteiger partial charge in [-0.25, -0.2) is 0 Å².